The SMILES string of the molecule is CCC(=O)Nc1nnc(S(=O)(=O)N[C@H](C)COc2ccc(C)c(C)c2)s1. The Hall–Kier alpha value is -2.04. The van der Waals surface area contributed by atoms with Crippen molar-refractivity contribution in [2.45, 2.75) is 44.5 Å². The number of anilines is 1. The van der Waals surface area contributed by atoms with E-state index in [0.29, 0.717) is 5.75 Å². The summed E-state index contributed by atoms with van der Waals surface area (Å²) in [6, 6.07) is 5.23. The molecule has 1 amide bonds. The Labute approximate surface area is 157 Å². The highest BCUT2D eigenvalue weighted by Gasteiger charge is 2.23. The molecule has 0 aliphatic heterocycles. The van der Waals surface area contributed by atoms with Crippen LogP contribution in [0.3, 0.4) is 0 Å². The standard InChI is InChI=1S/C16H22N4O4S2/c1-5-14(21)17-15-18-19-16(25-15)26(22,23)20-12(4)9-24-13-7-6-10(2)11(3)8-13/h6-8,12,20H,5,9H2,1-4H3,(H,17,18,21)/t12-/m1/s1. The summed E-state index contributed by atoms with van der Waals surface area (Å²) in [7, 11) is -3.84. The fourth-order valence-electron chi connectivity index (χ4n) is 1.95. The Bertz CT molecular complexity index is 880. The lowest BCUT2D eigenvalue weighted by atomic mass is 10.1. The number of aryl methyl sites for hydroxylation is 2. The summed E-state index contributed by atoms with van der Waals surface area (Å²) < 4.78 is 32.6. The second-order valence-electron chi connectivity index (χ2n) is 5.85. The lowest BCUT2D eigenvalue weighted by Crippen LogP contribution is -2.36. The first kappa shape index (κ1) is 20.3. The van der Waals surface area contributed by atoms with Crippen molar-refractivity contribution >= 4 is 32.4 Å². The van der Waals surface area contributed by atoms with E-state index in [0.717, 1.165) is 22.5 Å². The third-order valence-corrected chi connectivity index (χ3v) is 6.33. The van der Waals surface area contributed by atoms with Gasteiger partial charge in [0.25, 0.3) is 10.0 Å². The molecule has 0 saturated carbocycles. The van der Waals surface area contributed by atoms with Crippen LogP contribution in [-0.4, -0.2) is 37.2 Å². The highest BCUT2D eigenvalue weighted by molar-refractivity contribution is 7.91. The van der Waals surface area contributed by atoms with Crippen LogP contribution in [0.15, 0.2) is 22.5 Å². The van der Waals surface area contributed by atoms with Crippen LogP contribution in [0, 0.1) is 13.8 Å². The maximum absolute atomic E-state index is 12.3. The number of nitrogens with zero attached hydrogens (tertiary/aromatic N) is 2. The maximum Gasteiger partial charge on any atom is 0.270 e. The Morgan fingerprint density at radius 2 is 2.00 bits per heavy atom. The number of rotatable bonds is 8. The molecule has 0 radical (unpaired) electrons. The highest BCUT2D eigenvalue weighted by Crippen LogP contribution is 2.20. The highest BCUT2D eigenvalue weighted by atomic mass is 32.2. The Kier molecular flexibility index (Phi) is 6.68. The monoisotopic (exact) mass is 398 g/mol. The molecule has 0 spiro atoms. The second-order valence-corrected chi connectivity index (χ2v) is 8.72. The predicted molar refractivity (Wildman–Crippen MR) is 100 cm³/mol. The number of sulfonamides is 1. The molecule has 0 bridgehead atoms. The van der Waals surface area contributed by atoms with Gasteiger partial charge in [0.15, 0.2) is 0 Å². The van der Waals surface area contributed by atoms with E-state index in [1.807, 2.05) is 32.0 Å². The molecule has 2 N–H and O–H groups in total. The fourth-order valence-corrected chi connectivity index (χ4v) is 4.11. The van der Waals surface area contributed by atoms with Gasteiger partial charge in [-0.1, -0.05) is 24.3 Å². The number of aromatic nitrogens is 2. The summed E-state index contributed by atoms with van der Waals surface area (Å²) in [5.74, 6) is 0.424. The van der Waals surface area contributed by atoms with E-state index in [1.165, 1.54) is 0 Å². The first-order valence-electron chi connectivity index (χ1n) is 8.07. The van der Waals surface area contributed by atoms with Crippen LogP contribution < -0.4 is 14.8 Å². The van der Waals surface area contributed by atoms with E-state index in [9.17, 15) is 13.2 Å². The van der Waals surface area contributed by atoms with Crippen LogP contribution in [-0.2, 0) is 14.8 Å². The van der Waals surface area contributed by atoms with E-state index in [1.54, 1.807) is 13.8 Å². The average molecular weight is 399 g/mol. The van der Waals surface area contributed by atoms with Gasteiger partial charge in [-0.2, -0.15) is 0 Å². The molecule has 2 rings (SSSR count). The number of hydrogen-bond acceptors (Lipinski definition) is 7. The van der Waals surface area contributed by atoms with Crippen molar-refractivity contribution in [1.29, 1.82) is 0 Å². The van der Waals surface area contributed by atoms with Gasteiger partial charge in [0.1, 0.15) is 12.4 Å². The first-order chi connectivity index (χ1) is 12.2. The number of amides is 1. The van der Waals surface area contributed by atoms with E-state index >= 15 is 0 Å². The molecule has 0 aliphatic rings. The van der Waals surface area contributed by atoms with Gasteiger partial charge in [0, 0.05) is 6.42 Å². The van der Waals surface area contributed by atoms with Crippen LogP contribution in [0.2, 0.25) is 0 Å². The molecule has 142 valence electrons. The van der Waals surface area contributed by atoms with Crippen molar-refractivity contribution in [2.24, 2.45) is 0 Å². The van der Waals surface area contributed by atoms with E-state index in [4.69, 9.17) is 4.74 Å². The molecule has 1 aromatic carbocycles. The van der Waals surface area contributed by atoms with Crippen molar-refractivity contribution in [3.8, 4) is 5.75 Å². The summed E-state index contributed by atoms with van der Waals surface area (Å²) in [5.41, 5.74) is 2.26. The number of carbonyl (C=O) groups is 1. The van der Waals surface area contributed by atoms with E-state index in [2.05, 4.69) is 20.2 Å². The summed E-state index contributed by atoms with van der Waals surface area (Å²) in [5, 5.41) is 9.94. The minimum absolute atomic E-state index is 0.149. The third kappa shape index (κ3) is 5.48. The van der Waals surface area contributed by atoms with Crippen LogP contribution in [0.4, 0.5) is 5.13 Å². The van der Waals surface area contributed by atoms with Gasteiger partial charge in [0.2, 0.25) is 15.4 Å². The zero-order valence-electron chi connectivity index (χ0n) is 15.1. The average Bonchev–Trinajstić information content (AvgIpc) is 3.05. The molecular weight excluding hydrogens is 376 g/mol. The number of hydrogen-bond donors (Lipinski definition) is 2. The second kappa shape index (κ2) is 8.56. The quantitative estimate of drug-likeness (QED) is 0.660. The fraction of sp³-hybridized carbons (Fsp3) is 0.438. The molecule has 0 unspecified atom stereocenters. The molecule has 26 heavy (non-hydrogen) atoms. The number of benzene rings is 1. The van der Waals surface area contributed by atoms with Gasteiger partial charge in [-0.05, 0) is 44.0 Å². The molecular formula is C16H22N4O4S2. The summed E-state index contributed by atoms with van der Waals surface area (Å²) >= 11 is 0.798. The zero-order chi connectivity index (χ0) is 19.3. The number of carbonyl (C=O) groups excluding carboxylic acids is 1. The van der Waals surface area contributed by atoms with Crippen molar-refractivity contribution in [3.63, 3.8) is 0 Å². The smallest absolute Gasteiger partial charge is 0.270 e. The largest absolute Gasteiger partial charge is 0.492 e. The Balaban J connectivity index is 1.95. The number of nitrogens with one attached hydrogen (secondary N) is 2. The van der Waals surface area contributed by atoms with Gasteiger partial charge in [-0.15, -0.1) is 10.2 Å². The summed E-state index contributed by atoms with van der Waals surface area (Å²) in [4.78, 5) is 11.3. The van der Waals surface area contributed by atoms with E-state index < -0.39 is 16.1 Å². The van der Waals surface area contributed by atoms with Crippen LogP contribution in [0.5, 0.6) is 5.75 Å². The minimum atomic E-state index is -3.84. The third-order valence-electron chi connectivity index (χ3n) is 3.54. The van der Waals surface area contributed by atoms with Gasteiger partial charge in [-0.25, -0.2) is 13.1 Å². The zero-order valence-corrected chi connectivity index (χ0v) is 16.7. The van der Waals surface area contributed by atoms with Crippen LogP contribution >= 0.6 is 11.3 Å². The Morgan fingerprint density at radius 3 is 2.65 bits per heavy atom. The summed E-state index contributed by atoms with van der Waals surface area (Å²) in [6.45, 7) is 7.54. The van der Waals surface area contributed by atoms with Crippen LogP contribution in [0.1, 0.15) is 31.4 Å². The Morgan fingerprint density at radius 1 is 1.27 bits per heavy atom. The molecule has 1 heterocycles. The molecule has 8 nitrogen and oxygen atoms in total. The number of ether oxygens (including phenoxy) is 1. The predicted octanol–water partition coefficient (Wildman–Crippen LogP) is 2.25. The minimum Gasteiger partial charge on any atom is -0.492 e. The van der Waals surface area contributed by atoms with Crippen LogP contribution in [0.25, 0.3) is 0 Å². The summed E-state index contributed by atoms with van der Waals surface area (Å²) in [6.07, 6.45) is 0.271. The molecule has 2 aromatic rings. The molecule has 0 saturated heterocycles. The normalized spacial score (nSPS) is 12.6. The topological polar surface area (TPSA) is 110 Å². The van der Waals surface area contributed by atoms with Crippen molar-refractivity contribution in [1.82, 2.24) is 14.9 Å². The van der Waals surface area contributed by atoms with E-state index in [-0.39, 0.29) is 28.4 Å². The van der Waals surface area contributed by atoms with Gasteiger partial charge >= 0.3 is 0 Å². The molecule has 1 aromatic heterocycles. The lowest BCUT2D eigenvalue weighted by Gasteiger charge is -2.14. The first-order valence-corrected chi connectivity index (χ1v) is 10.4. The molecule has 1 atom stereocenters. The van der Waals surface area contributed by atoms with Gasteiger partial charge in [0.05, 0.1) is 6.04 Å². The maximum atomic E-state index is 12.3. The van der Waals surface area contributed by atoms with Crippen molar-refractivity contribution < 1.29 is 17.9 Å². The molecule has 10 heteroatoms. The van der Waals surface area contributed by atoms with Gasteiger partial charge in [-0.3, -0.25) is 4.79 Å². The molecule has 0 aliphatic carbocycles. The lowest BCUT2D eigenvalue weighted by molar-refractivity contribution is -0.115. The molecule has 0 fully saturated rings. The van der Waals surface area contributed by atoms with Gasteiger partial charge < -0.3 is 10.1 Å². The van der Waals surface area contributed by atoms with Crippen molar-refractivity contribution in [2.75, 3.05) is 11.9 Å². The van der Waals surface area contributed by atoms with Crippen molar-refractivity contribution in [3.05, 3.63) is 29.3 Å².